The van der Waals surface area contributed by atoms with Crippen LogP contribution in [0.3, 0.4) is 0 Å². The van der Waals surface area contributed by atoms with E-state index in [1.165, 1.54) is 63.4 Å². The van der Waals surface area contributed by atoms with Crippen LogP contribution >= 0.6 is 0 Å². The molecule has 1 rings (SSSR count). The van der Waals surface area contributed by atoms with E-state index in [1.54, 1.807) is 0 Å². The van der Waals surface area contributed by atoms with Gasteiger partial charge in [-0.25, -0.2) is 0 Å². The van der Waals surface area contributed by atoms with Gasteiger partial charge in [-0.1, -0.05) is 88.6 Å². The Kier molecular flexibility index (Phi) is 13.1. The molecule has 1 aromatic carbocycles. The van der Waals surface area contributed by atoms with Crippen LogP contribution in [0, 0.1) is 0 Å². The molecule has 1 atom stereocenters. The molecule has 0 aromatic heterocycles. The lowest BCUT2D eigenvalue weighted by Crippen LogP contribution is -2.31. The molecule has 0 amide bonds. The van der Waals surface area contributed by atoms with Gasteiger partial charge in [0.2, 0.25) is 0 Å². The zero-order valence-corrected chi connectivity index (χ0v) is 17.3. The van der Waals surface area contributed by atoms with Crippen LogP contribution in [0.5, 0.6) is 0 Å². The monoisotopic (exact) mass is 350 g/mol. The first-order valence-electron chi connectivity index (χ1n) is 10.1. The maximum Gasteiger partial charge on any atom is 0.329 e. The Morgan fingerprint density at radius 1 is 0.750 bits per heavy atom. The first kappa shape index (κ1) is 21.4. The van der Waals surface area contributed by atoms with Crippen molar-refractivity contribution in [2.75, 3.05) is 13.2 Å². The minimum absolute atomic E-state index is 0.478. The molecular formula is C21H38O2Si. The van der Waals surface area contributed by atoms with E-state index >= 15 is 0 Å². The highest BCUT2D eigenvalue weighted by Crippen LogP contribution is 2.27. The summed E-state index contributed by atoms with van der Waals surface area (Å²) >= 11 is 0. The molecule has 138 valence electrons. The molecule has 0 heterocycles. The van der Waals surface area contributed by atoms with Gasteiger partial charge in [-0.3, -0.25) is 0 Å². The maximum atomic E-state index is 6.04. The summed E-state index contributed by atoms with van der Waals surface area (Å²) in [6.45, 7) is 7.96. The SMILES string of the molecule is CCCCCCCCCCC(c1ccccc1)[SiH](OCC)OCC. The van der Waals surface area contributed by atoms with Crippen molar-refractivity contribution in [3.05, 3.63) is 35.9 Å². The molecule has 0 aliphatic carbocycles. The Morgan fingerprint density at radius 3 is 1.83 bits per heavy atom. The van der Waals surface area contributed by atoms with Gasteiger partial charge in [0, 0.05) is 18.8 Å². The largest absolute Gasteiger partial charge is 0.396 e. The maximum absolute atomic E-state index is 6.04. The van der Waals surface area contributed by atoms with Gasteiger partial charge in [-0.15, -0.1) is 0 Å². The first-order chi connectivity index (χ1) is 11.8. The van der Waals surface area contributed by atoms with Crippen molar-refractivity contribution in [2.45, 2.75) is 84.1 Å². The van der Waals surface area contributed by atoms with E-state index in [0.717, 1.165) is 13.2 Å². The van der Waals surface area contributed by atoms with Gasteiger partial charge in [0.1, 0.15) is 0 Å². The van der Waals surface area contributed by atoms with Crippen LogP contribution < -0.4 is 0 Å². The van der Waals surface area contributed by atoms with Crippen LogP contribution in [0.4, 0.5) is 0 Å². The molecule has 0 saturated heterocycles. The second-order valence-electron chi connectivity index (χ2n) is 6.56. The fourth-order valence-electron chi connectivity index (χ4n) is 3.27. The van der Waals surface area contributed by atoms with E-state index in [-0.39, 0.29) is 0 Å². The Hall–Kier alpha value is -0.643. The number of unbranched alkanes of at least 4 members (excludes halogenated alkanes) is 7. The van der Waals surface area contributed by atoms with Crippen molar-refractivity contribution in [1.29, 1.82) is 0 Å². The highest BCUT2D eigenvalue weighted by molar-refractivity contribution is 6.46. The second-order valence-corrected chi connectivity index (χ2v) is 8.77. The van der Waals surface area contributed by atoms with Gasteiger partial charge < -0.3 is 8.85 Å². The molecule has 1 aromatic rings. The summed E-state index contributed by atoms with van der Waals surface area (Å²) in [4.78, 5) is 0. The molecule has 0 N–H and O–H groups in total. The zero-order valence-electron chi connectivity index (χ0n) is 16.1. The highest BCUT2D eigenvalue weighted by atomic mass is 28.3. The van der Waals surface area contributed by atoms with Gasteiger partial charge in [0.25, 0.3) is 0 Å². The summed E-state index contributed by atoms with van der Waals surface area (Å²) in [6, 6.07) is 10.9. The molecule has 0 spiro atoms. The average Bonchev–Trinajstić information content (AvgIpc) is 2.61. The predicted molar refractivity (Wildman–Crippen MR) is 107 cm³/mol. The van der Waals surface area contributed by atoms with E-state index in [2.05, 4.69) is 51.1 Å². The van der Waals surface area contributed by atoms with Crippen molar-refractivity contribution in [2.24, 2.45) is 0 Å². The molecule has 0 aliphatic rings. The average molecular weight is 351 g/mol. The third-order valence-electron chi connectivity index (χ3n) is 4.59. The third kappa shape index (κ3) is 9.00. The van der Waals surface area contributed by atoms with Crippen molar-refractivity contribution >= 4 is 9.28 Å². The molecule has 2 nitrogen and oxygen atoms in total. The topological polar surface area (TPSA) is 18.5 Å². The number of benzene rings is 1. The van der Waals surface area contributed by atoms with Crippen LogP contribution in [0.25, 0.3) is 0 Å². The van der Waals surface area contributed by atoms with Gasteiger partial charge >= 0.3 is 9.28 Å². The summed E-state index contributed by atoms with van der Waals surface area (Å²) in [5.74, 6) is 0. The molecule has 0 saturated carbocycles. The highest BCUT2D eigenvalue weighted by Gasteiger charge is 2.26. The smallest absolute Gasteiger partial charge is 0.329 e. The Labute approximate surface area is 151 Å². The number of rotatable bonds is 15. The first-order valence-corrected chi connectivity index (χ1v) is 11.7. The lowest BCUT2D eigenvalue weighted by molar-refractivity contribution is 0.202. The van der Waals surface area contributed by atoms with Crippen LogP contribution in [0.1, 0.15) is 89.7 Å². The lowest BCUT2D eigenvalue weighted by atomic mass is 10.0. The molecular weight excluding hydrogens is 312 g/mol. The summed E-state index contributed by atoms with van der Waals surface area (Å²) < 4.78 is 12.1. The Balaban J connectivity index is 2.44. The lowest BCUT2D eigenvalue weighted by Gasteiger charge is -2.25. The van der Waals surface area contributed by atoms with E-state index in [0.29, 0.717) is 5.54 Å². The third-order valence-corrected chi connectivity index (χ3v) is 7.29. The van der Waals surface area contributed by atoms with Crippen LogP contribution in [0.15, 0.2) is 30.3 Å². The summed E-state index contributed by atoms with van der Waals surface area (Å²) in [6.07, 6.45) is 12.2. The van der Waals surface area contributed by atoms with E-state index in [1.807, 2.05) is 0 Å². The molecule has 0 bridgehead atoms. The van der Waals surface area contributed by atoms with Gasteiger partial charge in [-0.05, 0) is 25.8 Å². The van der Waals surface area contributed by atoms with E-state index < -0.39 is 9.28 Å². The summed E-state index contributed by atoms with van der Waals surface area (Å²) in [7, 11) is -1.65. The van der Waals surface area contributed by atoms with E-state index in [4.69, 9.17) is 8.85 Å². The zero-order chi connectivity index (χ0) is 17.5. The van der Waals surface area contributed by atoms with Crippen molar-refractivity contribution in [3.8, 4) is 0 Å². The number of hydrogen-bond acceptors (Lipinski definition) is 2. The minimum atomic E-state index is -1.65. The Morgan fingerprint density at radius 2 is 1.29 bits per heavy atom. The van der Waals surface area contributed by atoms with Gasteiger partial charge in [0.15, 0.2) is 0 Å². The molecule has 3 heteroatoms. The normalized spacial score (nSPS) is 12.7. The number of hydrogen-bond donors (Lipinski definition) is 0. The van der Waals surface area contributed by atoms with E-state index in [9.17, 15) is 0 Å². The molecule has 0 fully saturated rings. The van der Waals surface area contributed by atoms with Crippen molar-refractivity contribution < 1.29 is 8.85 Å². The van der Waals surface area contributed by atoms with Crippen molar-refractivity contribution in [3.63, 3.8) is 0 Å². The second kappa shape index (κ2) is 14.7. The van der Waals surface area contributed by atoms with Crippen molar-refractivity contribution in [1.82, 2.24) is 0 Å². The quantitative estimate of drug-likeness (QED) is 0.280. The predicted octanol–water partition coefficient (Wildman–Crippen LogP) is 6.13. The van der Waals surface area contributed by atoms with Gasteiger partial charge in [0.05, 0.1) is 0 Å². The molecule has 0 aliphatic heterocycles. The fourth-order valence-corrected chi connectivity index (χ4v) is 5.53. The summed E-state index contributed by atoms with van der Waals surface area (Å²) in [5.41, 5.74) is 1.88. The van der Waals surface area contributed by atoms with Crippen LogP contribution in [-0.4, -0.2) is 22.5 Å². The van der Waals surface area contributed by atoms with Crippen LogP contribution in [-0.2, 0) is 8.85 Å². The fraction of sp³-hybridized carbons (Fsp3) is 0.714. The van der Waals surface area contributed by atoms with Gasteiger partial charge in [-0.2, -0.15) is 0 Å². The Bertz CT molecular complexity index is 377. The molecule has 1 unspecified atom stereocenters. The minimum Gasteiger partial charge on any atom is -0.396 e. The molecule has 24 heavy (non-hydrogen) atoms. The van der Waals surface area contributed by atoms with Crippen LogP contribution in [0.2, 0.25) is 0 Å². The standard InChI is InChI=1S/C21H38O2Si/c1-4-7-8-9-10-11-12-16-19-21(20-17-14-13-15-18-20)24(22-5-2)23-6-3/h13-15,17-18,21,24H,4-12,16,19H2,1-3H3. The summed E-state index contributed by atoms with van der Waals surface area (Å²) in [5, 5.41) is 0. The molecule has 0 radical (unpaired) electrons.